The summed E-state index contributed by atoms with van der Waals surface area (Å²) < 4.78 is 36.5. The molecule has 0 aromatic heterocycles. The molecule has 2 rings (SSSR count). The summed E-state index contributed by atoms with van der Waals surface area (Å²) in [6.45, 7) is 2.92. The maximum Gasteiger partial charge on any atom is 0.262 e. The van der Waals surface area contributed by atoms with Crippen LogP contribution in [0.5, 0.6) is 0 Å². The molecule has 1 amide bonds. The summed E-state index contributed by atoms with van der Waals surface area (Å²) in [6.07, 6.45) is 2.17. The Morgan fingerprint density at radius 3 is 2.57 bits per heavy atom. The van der Waals surface area contributed by atoms with E-state index in [-0.39, 0.29) is 10.0 Å². The van der Waals surface area contributed by atoms with Crippen LogP contribution < -0.4 is 0 Å². The van der Waals surface area contributed by atoms with E-state index in [1.807, 2.05) is 6.92 Å². The van der Waals surface area contributed by atoms with Gasteiger partial charge in [-0.15, -0.1) is 0 Å². The van der Waals surface area contributed by atoms with Gasteiger partial charge in [-0.1, -0.05) is 0 Å². The fourth-order valence-electron chi connectivity index (χ4n) is 2.02. The Morgan fingerprint density at radius 2 is 2.10 bits per heavy atom. The molecule has 1 fully saturated rings. The quantitative estimate of drug-likeness (QED) is 0.714. The Balaban J connectivity index is 2.38. The maximum absolute atomic E-state index is 13.8. The van der Waals surface area contributed by atoms with Crippen molar-refractivity contribution in [1.29, 1.82) is 0 Å². The second kappa shape index (κ2) is 6.22. The molecule has 0 heterocycles. The first-order valence-corrected chi connectivity index (χ1v) is 9.57. The smallest absolute Gasteiger partial charge is 0.262 e. The molecule has 1 aliphatic carbocycles. The van der Waals surface area contributed by atoms with E-state index in [0.29, 0.717) is 19.0 Å². The monoisotopic (exact) mass is 397 g/mol. The van der Waals surface area contributed by atoms with Gasteiger partial charge in [-0.3, -0.25) is 4.79 Å². The second-order valence-electron chi connectivity index (χ2n) is 5.00. The third kappa shape index (κ3) is 3.96. The third-order valence-corrected chi connectivity index (χ3v) is 5.76. The number of nitrogens with zero attached hydrogens (tertiary/aromatic N) is 1. The van der Waals surface area contributed by atoms with Gasteiger partial charge in [0.15, 0.2) is 0 Å². The van der Waals surface area contributed by atoms with Crippen LogP contribution in [0.15, 0.2) is 21.5 Å². The average molecular weight is 399 g/mol. The summed E-state index contributed by atoms with van der Waals surface area (Å²) in [6, 6.07) is 2.13. The average Bonchev–Trinajstić information content (AvgIpc) is 3.20. The minimum atomic E-state index is -4.14. The molecule has 8 heteroatoms. The van der Waals surface area contributed by atoms with Gasteiger partial charge in [0.1, 0.15) is 10.7 Å². The highest BCUT2D eigenvalue weighted by Gasteiger charge is 2.28. The lowest BCUT2D eigenvalue weighted by atomic mass is 10.2. The predicted molar refractivity (Wildman–Crippen MR) is 81.4 cm³/mol. The van der Waals surface area contributed by atoms with Gasteiger partial charge < -0.3 is 4.90 Å². The van der Waals surface area contributed by atoms with E-state index < -0.39 is 25.7 Å². The van der Waals surface area contributed by atoms with E-state index in [9.17, 15) is 17.6 Å². The molecule has 0 spiro atoms. The Bertz CT molecular complexity index is 676. The van der Waals surface area contributed by atoms with Crippen LogP contribution in [0.3, 0.4) is 0 Å². The predicted octanol–water partition coefficient (Wildman–Crippen LogP) is 3.39. The van der Waals surface area contributed by atoms with Crippen LogP contribution in [0.1, 0.15) is 30.1 Å². The van der Waals surface area contributed by atoms with Gasteiger partial charge >= 0.3 is 0 Å². The lowest BCUT2D eigenvalue weighted by Crippen LogP contribution is -2.32. The SMILES string of the molecule is CCN(CC1CC1)C(=O)c1cc(F)c(Br)c(S(=O)(=O)Cl)c1. The summed E-state index contributed by atoms with van der Waals surface area (Å²) in [5, 5.41) is 0. The number of hydrogen-bond donors (Lipinski definition) is 0. The standard InChI is InChI=1S/C13H14BrClFNO3S/c1-2-17(7-8-3-4-8)13(18)9-5-10(16)12(14)11(6-9)21(15,19)20/h5-6,8H,2-4,7H2,1H3. The van der Waals surface area contributed by atoms with Crippen molar-refractivity contribution in [3.63, 3.8) is 0 Å². The number of amides is 1. The highest BCUT2D eigenvalue weighted by molar-refractivity contribution is 9.10. The van der Waals surface area contributed by atoms with Gasteiger partial charge in [-0.05, 0) is 53.7 Å². The minimum Gasteiger partial charge on any atom is -0.339 e. The molecule has 0 atom stereocenters. The molecule has 1 aromatic carbocycles. The van der Waals surface area contributed by atoms with Crippen molar-refractivity contribution in [1.82, 2.24) is 4.90 Å². The molecule has 1 saturated carbocycles. The number of carbonyl (C=O) groups excluding carboxylic acids is 1. The largest absolute Gasteiger partial charge is 0.339 e. The van der Waals surface area contributed by atoms with Crippen molar-refractivity contribution < 1.29 is 17.6 Å². The Hall–Kier alpha value is -0.660. The second-order valence-corrected chi connectivity index (χ2v) is 8.32. The van der Waals surface area contributed by atoms with Gasteiger partial charge in [0.2, 0.25) is 0 Å². The maximum atomic E-state index is 13.8. The van der Waals surface area contributed by atoms with Crippen LogP contribution in [0.25, 0.3) is 0 Å². The highest BCUT2D eigenvalue weighted by Crippen LogP contribution is 2.32. The van der Waals surface area contributed by atoms with E-state index in [4.69, 9.17) is 10.7 Å². The molecule has 0 N–H and O–H groups in total. The zero-order valence-corrected chi connectivity index (χ0v) is 14.4. The first-order valence-electron chi connectivity index (χ1n) is 6.47. The van der Waals surface area contributed by atoms with E-state index in [1.54, 1.807) is 4.90 Å². The number of halogens is 3. The first-order chi connectivity index (χ1) is 9.74. The summed E-state index contributed by atoms with van der Waals surface area (Å²) in [5.41, 5.74) is -0.0163. The molecule has 0 radical (unpaired) electrons. The molecule has 0 unspecified atom stereocenters. The molecule has 0 bridgehead atoms. The molecule has 0 aliphatic heterocycles. The summed E-state index contributed by atoms with van der Waals surface area (Å²) in [7, 11) is 1.13. The zero-order chi connectivity index (χ0) is 15.8. The fraction of sp³-hybridized carbons (Fsp3) is 0.462. The van der Waals surface area contributed by atoms with Gasteiger partial charge in [-0.25, -0.2) is 12.8 Å². The summed E-state index contributed by atoms with van der Waals surface area (Å²) in [5.74, 6) is -0.731. The molecule has 0 saturated heterocycles. The van der Waals surface area contributed by atoms with Gasteiger partial charge in [0, 0.05) is 29.3 Å². The molecule has 21 heavy (non-hydrogen) atoms. The normalized spacial score (nSPS) is 15.0. The van der Waals surface area contributed by atoms with Crippen molar-refractivity contribution >= 4 is 41.6 Å². The Morgan fingerprint density at radius 1 is 1.48 bits per heavy atom. The molecule has 1 aliphatic rings. The number of rotatable bonds is 5. The number of carbonyl (C=O) groups is 1. The highest BCUT2D eigenvalue weighted by atomic mass is 79.9. The summed E-state index contributed by atoms with van der Waals surface area (Å²) in [4.78, 5) is 13.5. The first kappa shape index (κ1) is 16.7. The van der Waals surface area contributed by atoms with Gasteiger partial charge in [-0.2, -0.15) is 0 Å². The van der Waals surface area contributed by atoms with E-state index in [0.717, 1.165) is 25.0 Å². The lowest BCUT2D eigenvalue weighted by Gasteiger charge is -2.21. The molecule has 116 valence electrons. The van der Waals surface area contributed by atoms with Gasteiger partial charge in [0.05, 0.1) is 4.47 Å². The molecular formula is C13H14BrClFNO3S. The van der Waals surface area contributed by atoms with Crippen LogP contribution in [-0.2, 0) is 9.05 Å². The third-order valence-electron chi connectivity index (χ3n) is 3.35. The van der Waals surface area contributed by atoms with E-state index >= 15 is 0 Å². The minimum absolute atomic E-state index is 0.0163. The van der Waals surface area contributed by atoms with Crippen LogP contribution >= 0.6 is 26.6 Å². The van der Waals surface area contributed by atoms with Crippen LogP contribution in [0.2, 0.25) is 0 Å². The lowest BCUT2D eigenvalue weighted by molar-refractivity contribution is 0.0756. The van der Waals surface area contributed by atoms with Crippen molar-refractivity contribution in [3.05, 3.63) is 28.0 Å². The van der Waals surface area contributed by atoms with Crippen LogP contribution in [0, 0.1) is 11.7 Å². The molecule has 4 nitrogen and oxygen atoms in total. The zero-order valence-electron chi connectivity index (χ0n) is 11.3. The number of benzene rings is 1. The van der Waals surface area contributed by atoms with Crippen LogP contribution in [0.4, 0.5) is 4.39 Å². The Labute approximate surface area is 135 Å². The van der Waals surface area contributed by atoms with E-state index in [1.165, 1.54) is 0 Å². The number of hydrogen-bond acceptors (Lipinski definition) is 3. The molecular weight excluding hydrogens is 385 g/mol. The van der Waals surface area contributed by atoms with E-state index in [2.05, 4.69) is 15.9 Å². The fourth-order valence-corrected chi connectivity index (χ4v) is 4.11. The van der Waals surface area contributed by atoms with Crippen molar-refractivity contribution in [2.45, 2.75) is 24.7 Å². The molecule has 1 aromatic rings. The Kier molecular flexibility index (Phi) is 4.95. The van der Waals surface area contributed by atoms with Crippen molar-refractivity contribution in [3.8, 4) is 0 Å². The van der Waals surface area contributed by atoms with Crippen molar-refractivity contribution in [2.75, 3.05) is 13.1 Å². The van der Waals surface area contributed by atoms with Crippen LogP contribution in [-0.4, -0.2) is 32.3 Å². The topological polar surface area (TPSA) is 54.5 Å². The summed E-state index contributed by atoms with van der Waals surface area (Å²) >= 11 is 2.84. The van der Waals surface area contributed by atoms with Gasteiger partial charge in [0.25, 0.3) is 15.0 Å². The van der Waals surface area contributed by atoms with Crippen molar-refractivity contribution in [2.24, 2.45) is 5.92 Å².